The highest BCUT2D eigenvalue weighted by molar-refractivity contribution is 5.94. The van der Waals surface area contributed by atoms with E-state index >= 15 is 0 Å². The van der Waals surface area contributed by atoms with Crippen LogP contribution in [-0.4, -0.2) is 57.6 Å². The third-order valence-electron chi connectivity index (χ3n) is 5.27. The van der Waals surface area contributed by atoms with Crippen molar-refractivity contribution in [2.45, 2.75) is 25.4 Å². The van der Waals surface area contributed by atoms with Gasteiger partial charge in [0.05, 0.1) is 17.4 Å². The first kappa shape index (κ1) is 19.5. The number of aliphatic hydroxyl groups excluding tert-OH is 1. The summed E-state index contributed by atoms with van der Waals surface area (Å²) in [6.45, 7) is 3.20. The molecule has 1 saturated heterocycles. The van der Waals surface area contributed by atoms with Gasteiger partial charge in [0, 0.05) is 31.0 Å². The van der Waals surface area contributed by atoms with Crippen molar-refractivity contribution in [2.75, 3.05) is 26.2 Å². The molecule has 2 aromatic heterocycles. The second kappa shape index (κ2) is 8.71. The van der Waals surface area contributed by atoms with Crippen LogP contribution in [-0.2, 0) is 0 Å². The molecule has 1 amide bonds. The molecule has 1 fully saturated rings. The van der Waals surface area contributed by atoms with Crippen LogP contribution in [0.4, 0.5) is 4.39 Å². The molecule has 0 spiro atoms. The first-order valence-electron chi connectivity index (χ1n) is 10.0. The second-order valence-electron chi connectivity index (χ2n) is 7.52. The van der Waals surface area contributed by atoms with Gasteiger partial charge in [-0.05, 0) is 68.8 Å². The third-order valence-corrected chi connectivity index (χ3v) is 5.27. The number of nitrogens with zero attached hydrogens (tertiary/aromatic N) is 3. The average molecular weight is 396 g/mol. The molecule has 3 aromatic rings. The zero-order chi connectivity index (χ0) is 20.2. The molecule has 1 unspecified atom stereocenters. The number of likely N-dealkylation sites (tertiary alicyclic amines) is 1. The number of rotatable bonds is 6. The number of pyridine rings is 1. The molecule has 2 N–H and O–H groups in total. The van der Waals surface area contributed by atoms with Gasteiger partial charge in [0.1, 0.15) is 11.5 Å². The molecule has 152 valence electrons. The molecule has 7 heteroatoms. The molecule has 1 aromatic carbocycles. The Balaban J connectivity index is 1.34. The molecule has 0 bridgehead atoms. The van der Waals surface area contributed by atoms with Gasteiger partial charge in [0.15, 0.2) is 0 Å². The van der Waals surface area contributed by atoms with Crippen LogP contribution in [0, 0.1) is 5.82 Å². The molecule has 1 aliphatic heterocycles. The zero-order valence-electron chi connectivity index (χ0n) is 16.2. The summed E-state index contributed by atoms with van der Waals surface area (Å²) >= 11 is 0. The van der Waals surface area contributed by atoms with Crippen LogP contribution in [0.2, 0.25) is 0 Å². The lowest BCUT2D eigenvalue weighted by molar-refractivity contribution is 0.0697. The molecule has 3 heterocycles. The molecule has 1 aliphatic rings. The molecule has 6 nitrogen and oxygen atoms in total. The lowest BCUT2D eigenvalue weighted by atomic mass is 10.1. The fourth-order valence-corrected chi connectivity index (χ4v) is 3.73. The fraction of sp³-hybridized carbons (Fsp3) is 0.364. The fourth-order valence-electron chi connectivity index (χ4n) is 3.73. The topological polar surface area (TPSA) is 69.9 Å². The first-order valence-corrected chi connectivity index (χ1v) is 10.0. The van der Waals surface area contributed by atoms with E-state index in [4.69, 9.17) is 0 Å². The maximum Gasteiger partial charge on any atom is 0.252 e. The van der Waals surface area contributed by atoms with Gasteiger partial charge in [-0.25, -0.2) is 9.37 Å². The lowest BCUT2D eigenvalue weighted by Crippen LogP contribution is -2.39. The highest BCUT2D eigenvalue weighted by Gasteiger charge is 2.17. The van der Waals surface area contributed by atoms with Gasteiger partial charge in [-0.15, -0.1) is 0 Å². The Hall–Kier alpha value is -2.77. The summed E-state index contributed by atoms with van der Waals surface area (Å²) in [4.78, 5) is 19.2. The molecule has 0 radical (unpaired) electrons. The average Bonchev–Trinajstić information content (AvgIpc) is 3.15. The number of fused-ring (bicyclic) bond motifs is 1. The minimum atomic E-state index is -0.284. The summed E-state index contributed by atoms with van der Waals surface area (Å²) < 4.78 is 14.9. The van der Waals surface area contributed by atoms with Gasteiger partial charge in [0.25, 0.3) is 5.91 Å². The van der Waals surface area contributed by atoms with Crippen LogP contribution in [0.15, 0.2) is 48.8 Å². The van der Waals surface area contributed by atoms with Gasteiger partial charge in [-0.3, -0.25) is 4.79 Å². The molecular weight excluding hydrogens is 371 g/mol. The molecule has 1 atom stereocenters. The summed E-state index contributed by atoms with van der Waals surface area (Å²) in [6.07, 6.45) is 6.12. The number of aromatic nitrogens is 2. The van der Waals surface area contributed by atoms with Gasteiger partial charge in [-0.2, -0.15) is 0 Å². The van der Waals surface area contributed by atoms with Crippen LogP contribution in [0.3, 0.4) is 0 Å². The van der Waals surface area contributed by atoms with Crippen LogP contribution in [0.25, 0.3) is 16.9 Å². The number of piperidine rings is 1. The van der Waals surface area contributed by atoms with Crippen molar-refractivity contribution in [3.63, 3.8) is 0 Å². The molecule has 0 aliphatic carbocycles. The van der Waals surface area contributed by atoms with Crippen molar-refractivity contribution >= 4 is 11.6 Å². The van der Waals surface area contributed by atoms with Crippen LogP contribution in [0.5, 0.6) is 0 Å². The quantitative estimate of drug-likeness (QED) is 0.629. The number of hydrogen-bond donors (Lipinski definition) is 2. The van der Waals surface area contributed by atoms with E-state index < -0.39 is 0 Å². The maximum atomic E-state index is 13.1. The Morgan fingerprint density at radius 2 is 2.03 bits per heavy atom. The largest absolute Gasteiger partial charge is 0.392 e. The number of hydrogen-bond acceptors (Lipinski definition) is 4. The van der Waals surface area contributed by atoms with E-state index in [2.05, 4.69) is 15.2 Å². The second-order valence-corrected chi connectivity index (χ2v) is 7.52. The number of halogens is 1. The van der Waals surface area contributed by atoms with E-state index in [-0.39, 0.29) is 17.8 Å². The monoisotopic (exact) mass is 396 g/mol. The molecular formula is C22H25FN4O2. The lowest BCUT2D eigenvalue weighted by Gasteiger charge is -2.29. The highest BCUT2D eigenvalue weighted by atomic mass is 19.1. The van der Waals surface area contributed by atoms with E-state index in [1.165, 1.54) is 12.1 Å². The number of nitrogens with one attached hydrogen (secondary N) is 1. The Bertz CT molecular complexity index is 986. The summed E-state index contributed by atoms with van der Waals surface area (Å²) in [5, 5.41) is 12.7. The van der Waals surface area contributed by atoms with Crippen LogP contribution in [0.1, 0.15) is 29.6 Å². The van der Waals surface area contributed by atoms with E-state index in [9.17, 15) is 14.3 Å². The molecule has 29 heavy (non-hydrogen) atoms. The van der Waals surface area contributed by atoms with Gasteiger partial charge >= 0.3 is 0 Å². The standard InChI is InChI=1S/C22H25FN4O2/c23-18-7-4-16(5-8-18)20-15-27-13-17(6-9-21(27)25-20)22(29)24-10-2-12-26-11-1-3-19(28)14-26/h4-9,13,15,19,28H,1-3,10-12,14H2,(H,24,29). The van der Waals surface area contributed by atoms with Gasteiger partial charge in [0.2, 0.25) is 0 Å². The van der Waals surface area contributed by atoms with Gasteiger partial charge < -0.3 is 19.7 Å². The summed E-state index contributed by atoms with van der Waals surface area (Å²) in [5.41, 5.74) is 2.84. The van der Waals surface area contributed by atoms with Crippen molar-refractivity contribution in [3.8, 4) is 11.3 Å². The number of carbonyl (C=O) groups excluding carboxylic acids is 1. The van der Waals surface area contributed by atoms with Crippen molar-refractivity contribution in [1.82, 2.24) is 19.6 Å². The Labute approximate surface area is 169 Å². The van der Waals surface area contributed by atoms with Crippen molar-refractivity contribution in [2.24, 2.45) is 0 Å². The Morgan fingerprint density at radius 1 is 1.21 bits per heavy atom. The van der Waals surface area contributed by atoms with Crippen LogP contribution < -0.4 is 5.32 Å². The van der Waals surface area contributed by atoms with E-state index in [0.29, 0.717) is 12.1 Å². The van der Waals surface area contributed by atoms with E-state index in [0.717, 1.165) is 55.8 Å². The predicted molar refractivity (Wildman–Crippen MR) is 109 cm³/mol. The van der Waals surface area contributed by atoms with E-state index in [1.54, 1.807) is 30.5 Å². The van der Waals surface area contributed by atoms with Crippen molar-refractivity contribution in [3.05, 3.63) is 60.2 Å². The number of benzene rings is 1. The molecule has 0 saturated carbocycles. The maximum absolute atomic E-state index is 13.1. The van der Waals surface area contributed by atoms with Gasteiger partial charge in [-0.1, -0.05) is 0 Å². The number of imidazole rings is 1. The SMILES string of the molecule is O=C(NCCCN1CCCC(O)C1)c1ccc2nc(-c3ccc(F)cc3)cn2c1. The third kappa shape index (κ3) is 4.81. The van der Waals surface area contributed by atoms with Crippen LogP contribution >= 0.6 is 0 Å². The summed E-state index contributed by atoms with van der Waals surface area (Å²) in [7, 11) is 0. The minimum absolute atomic E-state index is 0.123. The van der Waals surface area contributed by atoms with Crippen molar-refractivity contribution in [1.29, 1.82) is 0 Å². The first-order chi connectivity index (χ1) is 14.1. The highest BCUT2D eigenvalue weighted by Crippen LogP contribution is 2.20. The Morgan fingerprint density at radius 3 is 2.83 bits per heavy atom. The zero-order valence-corrected chi connectivity index (χ0v) is 16.2. The summed E-state index contributed by atoms with van der Waals surface area (Å²) in [6, 6.07) is 9.74. The number of amides is 1. The smallest absolute Gasteiger partial charge is 0.252 e. The molecule has 4 rings (SSSR count). The van der Waals surface area contributed by atoms with E-state index in [1.807, 2.05) is 10.6 Å². The Kier molecular flexibility index (Phi) is 5.87. The van der Waals surface area contributed by atoms with Crippen molar-refractivity contribution < 1.29 is 14.3 Å². The number of aliphatic hydroxyl groups is 1. The number of carbonyl (C=O) groups is 1. The minimum Gasteiger partial charge on any atom is -0.392 e. The normalized spacial score (nSPS) is 17.5. The number of β-amino-alcohol motifs (C(OH)–C–C–N with tert-alkyl or cyclic N) is 1. The summed E-state index contributed by atoms with van der Waals surface area (Å²) in [5.74, 6) is -0.407. The predicted octanol–water partition coefficient (Wildman–Crippen LogP) is 2.72.